The summed E-state index contributed by atoms with van der Waals surface area (Å²) in [5, 5.41) is 3.58. The van der Waals surface area contributed by atoms with Gasteiger partial charge in [-0.3, -0.25) is 4.99 Å². The predicted molar refractivity (Wildman–Crippen MR) is 108 cm³/mol. The van der Waals surface area contributed by atoms with Crippen LogP contribution in [0.4, 0.5) is 4.39 Å². The van der Waals surface area contributed by atoms with Gasteiger partial charge < -0.3 is 15.0 Å². The topological polar surface area (TPSA) is 36.9 Å². The van der Waals surface area contributed by atoms with Crippen molar-refractivity contribution >= 4 is 29.9 Å². The number of nitrogens with one attached hydrogen (secondary N) is 1. The number of guanidine groups is 1. The van der Waals surface area contributed by atoms with E-state index in [1.54, 1.807) is 12.1 Å². The summed E-state index contributed by atoms with van der Waals surface area (Å²) < 4.78 is 19.6. The van der Waals surface area contributed by atoms with Gasteiger partial charge in [0.05, 0.1) is 6.61 Å². The Kier molecular flexibility index (Phi) is 5.88. The Morgan fingerprint density at radius 2 is 2.24 bits per heavy atom. The zero-order valence-corrected chi connectivity index (χ0v) is 17.0. The molecule has 25 heavy (non-hydrogen) atoms. The Labute approximate surface area is 166 Å². The summed E-state index contributed by atoms with van der Waals surface area (Å²) in [6, 6.07) is 7.42. The van der Waals surface area contributed by atoms with Crippen LogP contribution < -0.4 is 5.32 Å². The highest BCUT2D eigenvalue weighted by molar-refractivity contribution is 14.0. The number of likely N-dealkylation sites (tertiary alicyclic amines) is 1. The van der Waals surface area contributed by atoms with Crippen LogP contribution in [0, 0.1) is 11.2 Å². The van der Waals surface area contributed by atoms with Crippen LogP contribution in [0.3, 0.4) is 0 Å². The molecule has 1 spiro atoms. The Morgan fingerprint density at radius 1 is 1.40 bits per heavy atom. The van der Waals surface area contributed by atoms with Gasteiger partial charge in [-0.2, -0.15) is 0 Å². The van der Waals surface area contributed by atoms with Crippen molar-refractivity contribution in [3.63, 3.8) is 0 Å². The molecule has 3 fully saturated rings. The maximum absolute atomic E-state index is 14.0. The van der Waals surface area contributed by atoms with Crippen LogP contribution in [0.15, 0.2) is 29.3 Å². The van der Waals surface area contributed by atoms with Crippen molar-refractivity contribution in [3.8, 4) is 0 Å². The third-order valence-corrected chi connectivity index (χ3v) is 5.64. The highest BCUT2D eigenvalue weighted by Crippen LogP contribution is 2.43. The van der Waals surface area contributed by atoms with Gasteiger partial charge in [0, 0.05) is 43.6 Å². The van der Waals surface area contributed by atoms with Gasteiger partial charge in [-0.05, 0) is 37.8 Å². The third-order valence-electron chi connectivity index (χ3n) is 5.64. The molecule has 4 rings (SSSR count). The molecule has 0 bridgehead atoms. The lowest BCUT2D eigenvalue weighted by atomic mass is 9.87. The van der Waals surface area contributed by atoms with E-state index in [-0.39, 0.29) is 35.7 Å². The first kappa shape index (κ1) is 18.9. The standard InChI is InChI=1S/C19H26FN3O.HI/c1-2-21-18(23-9-7-19(12-23)8-10-24-13-19)22-17-11-15(17)14-5-3-4-6-16(14)20;/h3-6,15,17H,2,7-13H2,1H3,(H,21,22);1H. The van der Waals surface area contributed by atoms with Gasteiger partial charge in [0.1, 0.15) is 5.82 Å². The minimum atomic E-state index is -0.0935. The van der Waals surface area contributed by atoms with Crippen LogP contribution in [0.5, 0.6) is 0 Å². The van der Waals surface area contributed by atoms with E-state index in [1.807, 2.05) is 12.1 Å². The predicted octanol–water partition coefficient (Wildman–Crippen LogP) is 3.38. The van der Waals surface area contributed by atoms with Crippen molar-refractivity contribution in [3.05, 3.63) is 35.6 Å². The van der Waals surface area contributed by atoms with E-state index in [1.165, 1.54) is 6.42 Å². The van der Waals surface area contributed by atoms with Gasteiger partial charge in [-0.15, -0.1) is 24.0 Å². The normalized spacial score (nSPS) is 31.3. The van der Waals surface area contributed by atoms with Crippen molar-refractivity contribution < 1.29 is 9.13 Å². The number of rotatable bonds is 3. The molecular formula is C19H27FIN3O. The number of halogens is 2. The third kappa shape index (κ3) is 3.94. The van der Waals surface area contributed by atoms with E-state index in [0.29, 0.717) is 11.5 Å². The maximum atomic E-state index is 14.0. The first-order chi connectivity index (χ1) is 11.7. The Hall–Kier alpha value is -0.890. The molecule has 2 saturated heterocycles. The molecular weight excluding hydrogens is 432 g/mol. The summed E-state index contributed by atoms with van der Waals surface area (Å²) in [7, 11) is 0. The van der Waals surface area contributed by atoms with E-state index >= 15 is 0 Å². The van der Waals surface area contributed by atoms with Gasteiger partial charge in [-0.1, -0.05) is 18.2 Å². The minimum Gasteiger partial charge on any atom is -0.381 e. The molecule has 1 saturated carbocycles. The average molecular weight is 459 g/mol. The number of hydrogen-bond donors (Lipinski definition) is 1. The van der Waals surface area contributed by atoms with Crippen molar-refractivity contribution in [1.82, 2.24) is 10.2 Å². The SMILES string of the molecule is CCN=C(NC1CC1c1ccccc1F)N1CCC2(CCOC2)C1.I. The zero-order chi connectivity index (χ0) is 16.6. The van der Waals surface area contributed by atoms with E-state index in [9.17, 15) is 4.39 Å². The van der Waals surface area contributed by atoms with Crippen molar-refractivity contribution in [2.75, 3.05) is 32.8 Å². The van der Waals surface area contributed by atoms with Gasteiger partial charge in [0.25, 0.3) is 0 Å². The monoisotopic (exact) mass is 459 g/mol. The van der Waals surface area contributed by atoms with Crippen LogP contribution in [0.1, 0.15) is 37.7 Å². The molecule has 1 N–H and O–H groups in total. The summed E-state index contributed by atoms with van der Waals surface area (Å²) in [5.74, 6) is 1.16. The van der Waals surface area contributed by atoms with E-state index in [2.05, 4.69) is 22.1 Å². The summed E-state index contributed by atoms with van der Waals surface area (Å²) >= 11 is 0. The summed E-state index contributed by atoms with van der Waals surface area (Å²) in [6.45, 7) is 6.65. The number of ether oxygens (including phenoxy) is 1. The van der Waals surface area contributed by atoms with Gasteiger partial charge >= 0.3 is 0 Å². The molecule has 0 aromatic heterocycles. The molecule has 1 aromatic rings. The quantitative estimate of drug-likeness (QED) is 0.428. The molecule has 6 heteroatoms. The van der Waals surface area contributed by atoms with Crippen molar-refractivity contribution in [2.24, 2.45) is 10.4 Å². The van der Waals surface area contributed by atoms with Crippen LogP contribution in [0.25, 0.3) is 0 Å². The van der Waals surface area contributed by atoms with Crippen LogP contribution in [-0.2, 0) is 4.74 Å². The summed E-state index contributed by atoms with van der Waals surface area (Å²) in [4.78, 5) is 7.06. The molecule has 138 valence electrons. The Bertz CT molecular complexity index is 633. The van der Waals surface area contributed by atoms with E-state index < -0.39 is 0 Å². The van der Waals surface area contributed by atoms with Crippen molar-refractivity contribution in [1.29, 1.82) is 0 Å². The lowest BCUT2D eigenvalue weighted by Crippen LogP contribution is -2.43. The van der Waals surface area contributed by atoms with Crippen LogP contribution in [-0.4, -0.2) is 49.7 Å². The fourth-order valence-corrected chi connectivity index (χ4v) is 4.11. The molecule has 3 aliphatic rings. The highest BCUT2D eigenvalue weighted by atomic mass is 127. The number of nitrogens with zero attached hydrogens (tertiary/aromatic N) is 2. The molecule has 2 aliphatic heterocycles. The molecule has 2 heterocycles. The van der Waals surface area contributed by atoms with Gasteiger partial charge in [-0.25, -0.2) is 4.39 Å². The average Bonchev–Trinajstić information content (AvgIpc) is 3.01. The first-order valence-electron chi connectivity index (χ1n) is 9.09. The Balaban J connectivity index is 0.00000182. The fourth-order valence-electron chi connectivity index (χ4n) is 4.11. The van der Waals surface area contributed by atoms with Crippen LogP contribution >= 0.6 is 24.0 Å². The second kappa shape index (κ2) is 7.78. The largest absolute Gasteiger partial charge is 0.381 e. The second-order valence-corrected chi connectivity index (χ2v) is 7.39. The number of benzene rings is 1. The molecule has 3 atom stereocenters. The highest BCUT2D eigenvalue weighted by Gasteiger charge is 2.45. The van der Waals surface area contributed by atoms with E-state index in [4.69, 9.17) is 4.74 Å². The fraction of sp³-hybridized carbons (Fsp3) is 0.632. The van der Waals surface area contributed by atoms with E-state index in [0.717, 1.165) is 57.2 Å². The second-order valence-electron chi connectivity index (χ2n) is 7.39. The zero-order valence-electron chi connectivity index (χ0n) is 14.7. The summed E-state index contributed by atoms with van der Waals surface area (Å²) in [6.07, 6.45) is 3.31. The lowest BCUT2D eigenvalue weighted by molar-refractivity contribution is 0.156. The van der Waals surface area contributed by atoms with Crippen LogP contribution in [0.2, 0.25) is 0 Å². The lowest BCUT2D eigenvalue weighted by Gasteiger charge is -2.25. The molecule has 1 aromatic carbocycles. The maximum Gasteiger partial charge on any atom is 0.194 e. The molecule has 4 nitrogen and oxygen atoms in total. The Morgan fingerprint density at radius 3 is 2.96 bits per heavy atom. The smallest absolute Gasteiger partial charge is 0.194 e. The molecule has 3 unspecified atom stereocenters. The molecule has 0 radical (unpaired) electrons. The molecule has 1 aliphatic carbocycles. The van der Waals surface area contributed by atoms with Gasteiger partial charge in [0.15, 0.2) is 5.96 Å². The van der Waals surface area contributed by atoms with Gasteiger partial charge in [0.2, 0.25) is 0 Å². The number of aliphatic imine (C=N–C) groups is 1. The molecule has 0 amide bonds. The first-order valence-corrected chi connectivity index (χ1v) is 9.09. The summed E-state index contributed by atoms with van der Waals surface area (Å²) in [5.41, 5.74) is 1.15. The van der Waals surface area contributed by atoms with Crippen molar-refractivity contribution in [2.45, 2.75) is 38.1 Å². The number of hydrogen-bond acceptors (Lipinski definition) is 2. The minimum absolute atomic E-state index is 0.